The van der Waals surface area contributed by atoms with Crippen LogP contribution in [0.2, 0.25) is 0 Å². The molecule has 0 saturated carbocycles. The fourth-order valence-corrected chi connectivity index (χ4v) is 0.892. The summed E-state index contributed by atoms with van der Waals surface area (Å²) in [6, 6.07) is 5.25. The van der Waals surface area contributed by atoms with Crippen LogP contribution in [0.15, 0.2) is 18.2 Å². The highest BCUT2D eigenvalue weighted by Gasteiger charge is 1.97. The van der Waals surface area contributed by atoms with Crippen molar-refractivity contribution in [1.29, 1.82) is 0 Å². The molecule has 0 aliphatic carbocycles. The van der Waals surface area contributed by atoms with Gasteiger partial charge in [-0.2, -0.15) is 4.98 Å². The Kier molecular flexibility index (Phi) is 3.97. The number of hydrogen-bond acceptors (Lipinski definition) is 3. The average molecular weight is 208 g/mol. The number of alkyl halides is 2. The number of nitrogens with zero attached hydrogens (tertiary/aromatic N) is 1. The number of hydrogen-bond donors (Lipinski definition) is 0. The third kappa shape index (κ3) is 2.75. The Bertz CT molecular complexity index is 223. The van der Waals surface area contributed by atoms with Crippen molar-refractivity contribution >= 4 is 23.2 Å². The Morgan fingerprint density at radius 1 is 1.08 bits per heavy atom. The van der Waals surface area contributed by atoms with E-state index in [9.17, 15) is 0 Å². The predicted octanol–water partition coefficient (Wildman–Crippen LogP) is 2.23. The van der Waals surface area contributed by atoms with E-state index in [4.69, 9.17) is 32.7 Å². The standard InChI is InChI=1S/C7H7Cl2NO2/c8-4-11-6-2-1-3-7(10-6)12-5-9/h1-3H,4-5H2. The molecule has 5 heteroatoms. The van der Waals surface area contributed by atoms with Crippen LogP contribution in [0.25, 0.3) is 0 Å². The molecule has 0 aromatic carbocycles. The number of halogens is 2. The van der Waals surface area contributed by atoms with Gasteiger partial charge in [-0.25, -0.2) is 0 Å². The van der Waals surface area contributed by atoms with E-state index in [0.717, 1.165) is 0 Å². The Hall–Kier alpha value is -0.670. The second kappa shape index (κ2) is 5.06. The molecule has 0 fully saturated rings. The van der Waals surface area contributed by atoms with Gasteiger partial charge in [0.25, 0.3) is 0 Å². The summed E-state index contributed by atoms with van der Waals surface area (Å²) in [5.41, 5.74) is 0. The molecule has 0 unspecified atom stereocenters. The van der Waals surface area contributed by atoms with Gasteiger partial charge in [-0.15, -0.1) is 0 Å². The molecule has 0 aliphatic rings. The summed E-state index contributed by atoms with van der Waals surface area (Å²) in [7, 11) is 0. The first kappa shape index (κ1) is 9.42. The monoisotopic (exact) mass is 207 g/mol. The molecule has 0 bridgehead atoms. The minimum absolute atomic E-state index is 0.0668. The summed E-state index contributed by atoms with van der Waals surface area (Å²) < 4.78 is 9.85. The number of pyridine rings is 1. The lowest BCUT2D eigenvalue weighted by Crippen LogP contribution is -1.96. The van der Waals surface area contributed by atoms with Gasteiger partial charge in [0.2, 0.25) is 11.8 Å². The zero-order valence-corrected chi connectivity index (χ0v) is 7.68. The highest BCUT2D eigenvalue weighted by molar-refractivity contribution is 6.17. The van der Waals surface area contributed by atoms with Crippen molar-refractivity contribution in [2.75, 3.05) is 12.1 Å². The first-order valence-electron chi connectivity index (χ1n) is 3.21. The van der Waals surface area contributed by atoms with Gasteiger partial charge in [0, 0.05) is 12.1 Å². The number of aromatic nitrogens is 1. The average Bonchev–Trinajstić information content (AvgIpc) is 2.06. The Labute approximate surface area is 80.2 Å². The quantitative estimate of drug-likeness (QED) is 0.711. The second-order valence-electron chi connectivity index (χ2n) is 1.82. The van der Waals surface area contributed by atoms with E-state index in [2.05, 4.69) is 4.98 Å². The molecule has 1 heterocycles. The summed E-state index contributed by atoms with van der Waals surface area (Å²) in [4.78, 5) is 3.94. The molecule has 66 valence electrons. The molecule has 0 saturated heterocycles. The summed E-state index contributed by atoms with van der Waals surface area (Å²) in [5.74, 6) is 0.847. The van der Waals surface area contributed by atoms with E-state index in [1.54, 1.807) is 18.2 Å². The van der Waals surface area contributed by atoms with Gasteiger partial charge in [-0.05, 0) is 0 Å². The largest absolute Gasteiger partial charge is 0.461 e. The highest BCUT2D eigenvalue weighted by atomic mass is 35.5. The van der Waals surface area contributed by atoms with Gasteiger partial charge in [-0.3, -0.25) is 0 Å². The van der Waals surface area contributed by atoms with Crippen molar-refractivity contribution in [3.05, 3.63) is 18.2 Å². The summed E-state index contributed by atoms with van der Waals surface area (Å²) in [6.07, 6.45) is 0. The maximum absolute atomic E-state index is 5.34. The second-order valence-corrected chi connectivity index (χ2v) is 2.26. The zero-order chi connectivity index (χ0) is 8.81. The molecule has 12 heavy (non-hydrogen) atoms. The minimum Gasteiger partial charge on any atom is -0.461 e. The van der Waals surface area contributed by atoms with Gasteiger partial charge in [0.15, 0.2) is 12.1 Å². The van der Waals surface area contributed by atoms with Gasteiger partial charge < -0.3 is 9.47 Å². The van der Waals surface area contributed by atoms with Gasteiger partial charge in [0.05, 0.1) is 0 Å². The normalized spacial score (nSPS) is 9.50. The Morgan fingerprint density at radius 2 is 1.58 bits per heavy atom. The Morgan fingerprint density at radius 3 is 2.00 bits per heavy atom. The van der Waals surface area contributed by atoms with Crippen molar-refractivity contribution in [2.45, 2.75) is 0 Å². The summed E-state index contributed by atoms with van der Waals surface area (Å²) in [6.45, 7) is 0. The number of ether oxygens (including phenoxy) is 2. The molecular formula is C7H7Cl2NO2. The predicted molar refractivity (Wildman–Crippen MR) is 46.9 cm³/mol. The van der Waals surface area contributed by atoms with Crippen LogP contribution in [0.1, 0.15) is 0 Å². The van der Waals surface area contributed by atoms with Crippen molar-refractivity contribution in [3.63, 3.8) is 0 Å². The molecule has 0 spiro atoms. The fraction of sp³-hybridized carbons (Fsp3) is 0.286. The lowest BCUT2D eigenvalue weighted by Gasteiger charge is -2.03. The molecule has 3 nitrogen and oxygen atoms in total. The van der Waals surface area contributed by atoms with Crippen molar-refractivity contribution < 1.29 is 9.47 Å². The smallest absolute Gasteiger partial charge is 0.217 e. The van der Waals surface area contributed by atoms with E-state index in [0.29, 0.717) is 11.8 Å². The fourth-order valence-electron chi connectivity index (χ4n) is 0.668. The minimum atomic E-state index is 0.0668. The van der Waals surface area contributed by atoms with E-state index < -0.39 is 0 Å². The third-order valence-corrected chi connectivity index (χ3v) is 1.32. The van der Waals surface area contributed by atoms with Crippen LogP contribution in [0.5, 0.6) is 11.8 Å². The first-order valence-corrected chi connectivity index (χ1v) is 4.28. The first-order chi connectivity index (χ1) is 5.86. The molecule has 0 atom stereocenters. The van der Waals surface area contributed by atoms with Gasteiger partial charge in [0.1, 0.15) is 0 Å². The van der Waals surface area contributed by atoms with E-state index in [-0.39, 0.29) is 12.1 Å². The Balaban J connectivity index is 2.67. The number of rotatable bonds is 4. The van der Waals surface area contributed by atoms with Crippen LogP contribution in [0, 0.1) is 0 Å². The molecule has 1 rings (SSSR count). The van der Waals surface area contributed by atoms with Crippen LogP contribution in [-0.4, -0.2) is 17.1 Å². The van der Waals surface area contributed by atoms with Crippen LogP contribution < -0.4 is 9.47 Å². The summed E-state index contributed by atoms with van der Waals surface area (Å²) in [5, 5.41) is 0. The molecule has 0 aliphatic heterocycles. The van der Waals surface area contributed by atoms with E-state index >= 15 is 0 Å². The van der Waals surface area contributed by atoms with Crippen LogP contribution in [-0.2, 0) is 0 Å². The molecule has 0 amide bonds. The maximum Gasteiger partial charge on any atom is 0.217 e. The van der Waals surface area contributed by atoms with Crippen LogP contribution in [0.4, 0.5) is 0 Å². The molecule has 0 radical (unpaired) electrons. The topological polar surface area (TPSA) is 31.4 Å². The SMILES string of the molecule is ClCOc1cccc(OCCl)n1. The van der Waals surface area contributed by atoms with E-state index in [1.807, 2.05) is 0 Å². The lowest BCUT2D eigenvalue weighted by molar-refractivity contribution is 0.341. The van der Waals surface area contributed by atoms with Crippen molar-refractivity contribution in [3.8, 4) is 11.8 Å². The maximum atomic E-state index is 5.34. The van der Waals surface area contributed by atoms with Crippen LogP contribution >= 0.6 is 23.2 Å². The third-order valence-electron chi connectivity index (χ3n) is 1.10. The van der Waals surface area contributed by atoms with Gasteiger partial charge in [-0.1, -0.05) is 29.3 Å². The summed E-state index contributed by atoms with van der Waals surface area (Å²) >= 11 is 10.7. The molecular weight excluding hydrogens is 201 g/mol. The zero-order valence-electron chi connectivity index (χ0n) is 6.17. The molecule has 0 N–H and O–H groups in total. The molecule has 1 aromatic rings. The van der Waals surface area contributed by atoms with Gasteiger partial charge >= 0.3 is 0 Å². The van der Waals surface area contributed by atoms with Crippen molar-refractivity contribution in [2.24, 2.45) is 0 Å². The lowest BCUT2D eigenvalue weighted by atomic mass is 10.5. The molecule has 1 aromatic heterocycles. The van der Waals surface area contributed by atoms with Crippen LogP contribution in [0.3, 0.4) is 0 Å². The van der Waals surface area contributed by atoms with Crippen molar-refractivity contribution in [1.82, 2.24) is 4.98 Å². The van der Waals surface area contributed by atoms with E-state index in [1.165, 1.54) is 0 Å². The highest BCUT2D eigenvalue weighted by Crippen LogP contribution is 2.13.